The van der Waals surface area contributed by atoms with Gasteiger partial charge in [0.2, 0.25) is 0 Å². The minimum absolute atomic E-state index is 0.560. The van der Waals surface area contributed by atoms with E-state index in [2.05, 4.69) is 82.6 Å². The van der Waals surface area contributed by atoms with Gasteiger partial charge in [-0.25, -0.2) is 0 Å². The molecular weight excluding hydrogens is 456 g/mol. The van der Waals surface area contributed by atoms with Gasteiger partial charge in [0.1, 0.15) is 6.04 Å². The molecule has 4 nitrogen and oxygen atoms in total. The first-order chi connectivity index (χ1) is 18.2. The van der Waals surface area contributed by atoms with Crippen LogP contribution in [0.2, 0.25) is 0 Å². The zero-order chi connectivity index (χ0) is 25.7. The molecule has 4 heteroatoms. The van der Waals surface area contributed by atoms with Gasteiger partial charge in [0.25, 0.3) is 0 Å². The number of carboxylic acid groups (broad SMARTS) is 1. The molecule has 4 aromatic carbocycles. The second kappa shape index (κ2) is 14.1. The maximum absolute atomic E-state index is 12.5. The van der Waals surface area contributed by atoms with E-state index in [-0.39, 0.29) is 0 Å². The normalized spacial score (nSPS) is 12.1. The van der Waals surface area contributed by atoms with Crippen LogP contribution in [-0.2, 0) is 31.0 Å². The molecule has 0 aliphatic heterocycles. The lowest BCUT2D eigenvalue weighted by molar-refractivity contribution is -0.144. The third-order valence-corrected chi connectivity index (χ3v) is 6.63. The standard InChI is InChI=1S/C33H36N2O2/c36-33(37)32(35(26-30-18-9-3-10-19-30)27-31-20-11-4-12-21-31)22-13-23-34(24-28-14-5-1-6-15-28)25-29-16-7-2-8-17-29/h1-12,14-21,32H,13,22-27H2,(H,36,37)/t32-/m0/s1. The molecule has 1 N–H and O–H groups in total. The fraction of sp³-hybridized carbons (Fsp3) is 0.242. The van der Waals surface area contributed by atoms with Crippen molar-refractivity contribution in [3.8, 4) is 0 Å². The largest absolute Gasteiger partial charge is 0.480 e. The van der Waals surface area contributed by atoms with Gasteiger partial charge in [0.05, 0.1) is 0 Å². The number of aliphatic carboxylic acids is 1. The van der Waals surface area contributed by atoms with Gasteiger partial charge in [-0.05, 0) is 41.6 Å². The van der Waals surface area contributed by atoms with Crippen LogP contribution in [-0.4, -0.2) is 33.5 Å². The van der Waals surface area contributed by atoms with Gasteiger partial charge in [-0.2, -0.15) is 0 Å². The van der Waals surface area contributed by atoms with Crippen LogP contribution in [0.15, 0.2) is 121 Å². The fourth-order valence-corrected chi connectivity index (χ4v) is 4.78. The van der Waals surface area contributed by atoms with Gasteiger partial charge in [0.15, 0.2) is 0 Å². The van der Waals surface area contributed by atoms with Crippen molar-refractivity contribution in [1.29, 1.82) is 0 Å². The SMILES string of the molecule is O=C(O)[C@H](CCCN(Cc1ccccc1)Cc1ccccc1)N(Cc1ccccc1)Cc1ccccc1. The van der Waals surface area contributed by atoms with Crippen molar-refractivity contribution >= 4 is 5.97 Å². The van der Waals surface area contributed by atoms with Gasteiger partial charge in [-0.1, -0.05) is 121 Å². The molecule has 0 radical (unpaired) electrons. The van der Waals surface area contributed by atoms with E-state index >= 15 is 0 Å². The Hall–Kier alpha value is -3.73. The second-order valence-corrected chi connectivity index (χ2v) is 9.55. The zero-order valence-corrected chi connectivity index (χ0v) is 21.3. The molecule has 0 saturated heterocycles. The molecule has 0 aliphatic carbocycles. The van der Waals surface area contributed by atoms with E-state index in [9.17, 15) is 9.90 Å². The summed E-state index contributed by atoms with van der Waals surface area (Å²) in [7, 11) is 0. The zero-order valence-electron chi connectivity index (χ0n) is 21.3. The van der Waals surface area contributed by atoms with Crippen molar-refractivity contribution < 1.29 is 9.90 Å². The molecular formula is C33H36N2O2. The van der Waals surface area contributed by atoms with Crippen molar-refractivity contribution in [3.63, 3.8) is 0 Å². The number of hydrogen-bond acceptors (Lipinski definition) is 3. The van der Waals surface area contributed by atoms with Crippen molar-refractivity contribution in [2.45, 2.75) is 45.1 Å². The van der Waals surface area contributed by atoms with Gasteiger partial charge in [0, 0.05) is 26.2 Å². The van der Waals surface area contributed by atoms with Gasteiger partial charge in [-0.3, -0.25) is 14.6 Å². The molecule has 0 heterocycles. The van der Waals surface area contributed by atoms with Gasteiger partial charge < -0.3 is 5.11 Å². The van der Waals surface area contributed by atoms with E-state index in [0.29, 0.717) is 19.5 Å². The number of carbonyl (C=O) groups is 1. The Morgan fingerprint density at radius 1 is 0.568 bits per heavy atom. The van der Waals surface area contributed by atoms with Crippen molar-refractivity contribution in [2.75, 3.05) is 6.54 Å². The number of nitrogens with zero attached hydrogens (tertiary/aromatic N) is 2. The van der Waals surface area contributed by atoms with Crippen LogP contribution in [0, 0.1) is 0 Å². The average Bonchev–Trinajstić information content (AvgIpc) is 2.93. The van der Waals surface area contributed by atoms with E-state index in [4.69, 9.17) is 0 Å². The summed E-state index contributed by atoms with van der Waals surface area (Å²) in [5.41, 5.74) is 4.78. The third kappa shape index (κ3) is 8.71. The van der Waals surface area contributed by atoms with Gasteiger partial charge >= 0.3 is 5.97 Å². The van der Waals surface area contributed by atoms with Crippen LogP contribution in [0.1, 0.15) is 35.1 Å². The monoisotopic (exact) mass is 492 g/mol. The summed E-state index contributed by atoms with van der Waals surface area (Å²) in [6.45, 7) is 3.71. The molecule has 37 heavy (non-hydrogen) atoms. The maximum Gasteiger partial charge on any atom is 0.320 e. The highest BCUT2D eigenvalue weighted by atomic mass is 16.4. The summed E-state index contributed by atoms with van der Waals surface area (Å²) in [6.07, 6.45) is 1.39. The Kier molecular flexibility index (Phi) is 10.1. The summed E-state index contributed by atoms with van der Waals surface area (Å²) < 4.78 is 0. The van der Waals surface area contributed by atoms with E-state index < -0.39 is 12.0 Å². The molecule has 1 atom stereocenters. The first-order valence-electron chi connectivity index (χ1n) is 13.0. The van der Waals surface area contributed by atoms with Crippen LogP contribution in [0.5, 0.6) is 0 Å². The molecule has 190 valence electrons. The van der Waals surface area contributed by atoms with E-state index in [1.807, 2.05) is 48.5 Å². The topological polar surface area (TPSA) is 43.8 Å². The molecule has 0 fully saturated rings. The predicted molar refractivity (Wildman–Crippen MR) is 150 cm³/mol. The first kappa shape index (κ1) is 26.3. The fourth-order valence-electron chi connectivity index (χ4n) is 4.78. The molecule has 4 rings (SSSR count). The van der Waals surface area contributed by atoms with E-state index in [1.165, 1.54) is 11.1 Å². The maximum atomic E-state index is 12.5. The Morgan fingerprint density at radius 3 is 1.27 bits per heavy atom. The molecule has 4 aromatic rings. The van der Waals surface area contributed by atoms with Crippen molar-refractivity contribution in [1.82, 2.24) is 9.80 Å². The Balaban J connectivity index is 1.46. The van der Waals surface area contributed by atoms with Crippen LogP contribution in [0.4, 0.5) is 0 Å². The Morgan fingerprint density at radius 2 is 0.919 bits per heavy atom. The highest BCUT2D eigenvalue weighted by molar-refractivity contribution is 5.73. The Labute approximate surface area is 220 Å². The quantitative estimate of drug-likeness (QED) is 0.215. The summed E-state index contributed by atoms with van der Waals surface area (Å²) in [5, 5.41) is 10.3. The third-order valence-electron chi connectivity index (χ3n) is 6.63. The van der Waals surface area contributed by atoms with Gasteiger partial charge in [-0.15, -0.1) is 0 Å². The average molecular weight is 493 g/mol. The molecule has 0 unspecified atom stereocenters. The number of carboxylic acids is 1. The molecule has 0 aromatic heterocycles. The second-order valence-electron chi connectivity index (χ2n) is 9.55. The number of rotatable bonds is 14. The lowest BCUT2D eigenvalue weighted by Crippen LogP contribution is -2.41. The molecule has 0 saturated carbocycles. The minimum Gasteiger partial charge on any atom is -0.480 e. The first-order valence-corrected chi connectivity index (χ1v) is 13.0. The Bertz CT molecular complexity index is 1100. The summed E-state index contributed by atoms with van der Waals surface area (Å²) in [6, 6.07) is 40.7. The number of hydrogen-bond donors (Lipinski definition) is 1. The van der Waals surface area contributed by atoms with Crippen LogP contribution in [0.25, 0.3) is 0 Å². The molecule has 0 aliphatic rings. The summed E-state index contributed by atoms with van der Waals surface area (Å²) in [5.74, 6) is -0.760. The summed E-state index contributed by atoms with van der Waals surface area (Å²) in [4.78, 5) is 17.0. The van der Waals surface area contributed by atoms with Crippen LogP contribution < -0.4 is 0 Å². The smallest absolute Gasteiger partial charge is 0.320 e. The summed E-state index contributed by atoms with van der Waals surface area (Å²) >= 11 is 0. The minimum atomic E-state index is -0.760. The molecule has 0 amide bonds. The molecule has 0 spiro atoms. The number of benzene rings is 4. The van der Waals surface area contributed by atoms with Crippen molar-refractivity contribution in [3.05, 3.63) is 144 Å². The molecule has 0 bridgehead atoms. The van der Waals surface area contributed by atoms with Crippen molar-refractivity contribution in [2.24, 2.45) is 0 Å². The lowest BCUT2D eigenvalue weighted by Gasteiger charge is -2.30. The van der Waals surface area contributed by atoms with E-state index in [0.717, 1.165) is 37.2 Å². The predicted octanol–water partition coefficient (Wildman–Crippen LogP) is 6.62. The van der Waals surface area contributed by atoms with Crippen LogP contribution >= 0.6 is 0 Å². The lowest BCUT2D eigenvalue weighted by atomic mass is 10.1. The van der Waals surface area contributed by atoms with E-state index in [1.54, 1.807) is 0 Å². The van der Waals surface area contributed by atoms with Crippen LogP contribution in [0.3, 0.4) is 0 Å². The highest BCUT2D eigenvalue weighted by Gasteiger charge is 2.26. The highest BCUT2D eigenvalue weighted by Crippen LogP contribution is 2.19.